The standard InChI is InChI=1S/C30H28FN7O2S2/c1-3-23-27(36(2)28-34-25(24(17-32)41-28)20-9-11-22(31)12-10-20)38-29(33-23)42-26(35-38)21-13-15-37(16-14-21)30(39)40-18-19-7-5-4-6-8-19/h4-12,21H,3,13-16,18H2,1-2H3. The molecule has 0 unspecified atom stereocenters. The maximum absolute atomic E-state index is 13.5. The van der Waals surface area contributed by atoms with Gasteiger partial charge in [0.1, 0.15) is 34.1 Å². The van der Waals surface area contributed by atoms with Crippen molar-refractivity contribution < 1.29 is 13.9 Å². The summed E-state index contributed by atoms with van der Waals surface area (Å²) in [5, 5.41) is 16.4. The topological polar surface area (TPSA) is 99.7 Å². The van der Waals surface area contributed by atoms with Crippen molar-refractivity contribution in [2.24, 2.45) is 0 Å². The summed E-state index contributed by atoms with van der Waals surface area (Å²) in [5.41, 5.74) is 3.06. The fourth-order valence-electron chi connectivity index (χ4n) is 5.07. The van der Waals surface area contributed by atoms with E-state index in [1.165, 1.54) is 23.5 Å². The number of carbonyl (C=O) groups is 1. The third-order valence-electron chi connectivity index (χ3n) is 7.35. The van der Waals surface area contributed by atoms with E-state index in [1.54, 1.807) is 28.4 Å². The lowest BCUT2D eigenvalue weighted by atomic mass is 9.98. The molecule has 0 spiro atoms. The van der Waals surface area contributed by atoms with Crippen LogP contribution in [0.25, 0.3) is 16.2 Å². The Morgan fingerprint density at radius 1 is 1.12 bits per heavy atom. The predicted octanol–water partition coefficient (Wildman–Crippen LogP) is 6.77. The third kappa shape index (κ3) is 5.45. The SMILES string of the molecule is CCc1nc2sc(C3CCN(C(=O)OCc4ccccc4)CC3)nn2c1N(C)c1nc(-c2ccc(F)cc2)c(C#N)s1. The Kier molecular flexibility index (Phi) is 7.86. The number of thiazole rings is 1. The number of fused-ring (bicyclic) bond motifs is 1. The number of halogens is 1. The molecule has 0 atom stereocenters. The summed E-state index contributed by atoms with van der Waals surface area (Å²) in [5.74, 6) is 0.682. The van der Waals surface area contributed by atoms with Crippen molar-refractivity contribution >= 4 is 44.7 Å². The first-order valence-corrected chi connectivity index (χ1v) is 15.3. The minimum Gasteiger partial charge on any atom is -0.445 e. The van der Waals surface area contributed by atoms with Gasteiger partial charge in [-0.15, -0.1) is 0 Å². The van der Waals surface area contributed by atoms with Gasteiger partial charge in [-0.05, 0) is 49.1 Å². The maximum atomic E-state index is 13.5. The zero-order valence-electron chi connectivity index (χ0n) is 23.2. The van der Waals surface area contributed by atoms with E-state index in [0.717, 1.165) is 39.9 Å². The smallest absolute Gasteiger partial charge is 0.410 e. The van der Waals surface area contributed by atoms with Crippen LogP contribution in [0, 0.1) is 17.1 Å². The Labute approximate surface area is 250 Å². The van der Waals surface area contributed by atoms with Crippen molar-refractivity contribution in [1.82, 2.24) is 24.5 Å². The van der Waals surface area contributed by atoms with Gasteiger partial charge >= 0.3 is 6.09 Å². The van der Waals surface area contributed by atoms with E-state index in [0.29, 0.717) is 40.8 Å². The van der Waals surface area contributed by atoms with E-state index >= 15 is 0 Å². The number of aryl methyl sites for hydroxylation is 1. The number of piperidine rings is 1. The third-order valence-corrected chi connectivity index (χ3v) is 9.45. The number of amides is 1. The number of rotatable bonds is 7. The van der Waals surface area contributed by atoms with Gasteiger partial charge in [-0.25, -0.2) is 19.2 Å². The molecule has 0 saturated carbocycles. The highest BCUT2D eigenvalue weighted by Gasteiger charge is 2.29. The average Bonchev–Trinajstić information content (AvgIpc) is 3.73. The van der Waals surface area contributed by atoms with Gasteiger partial charge < -0.3 is 14.5 Å². The van der Waals surface area contributed by atoms with Gasteiger partial charge in [0.05, 0.1) is 5.69 Å². The zero-order valence-corrected chi connectivity index (χ0v) is 24.8. The number of likely N-dealkylation sites (tertiary alicyclic amines) is 1. The maximum Gasteiger partial charge on any atom is 0.410 e. The molecule has 6 rings (SSSR count). The van der Waals surface area contributed by atoms with Gasteiger partial charge in [0.15, 0.2) is 10.9 Å². The number of hydrogen-bond donors (Lipinski definition) is 0. The second-order valence-corrected chi connectivity index (χ2v) is 12.0. The van der Waals surface area contributed by atoms with Crippen LogP contribution in [0.15, 0.2) is 54.6 Å². The first-order valence-electron chi connectivity index (χ1n) is 13.7. The molecular weight excluding hydrogens is 574 g/mol. The highest BCUT2D eigenvalue weighted by molar-refractivity contribution is 7.17. The molecule has 0 radical (unpaired) electrons. The summed E-state index contributed by atoms with van der Waals surface area (Å²) < 4.78 is 20.9. The van der Waals surface area contributed by atoms with Crippen molar-refractivity contribution in [1.29, 1.82) is 5.26 Å². The lowest BCUT2D eigenvalue weighted by molar-refractivity contribution is 0.0870. The summed E-state index contributed by atoms with van der Waals surface area (Å²) >= 11 is 2.85. The fourth-order valence-corrected chi connectivity index (χ4v) is 7.00. The van der Waals surface area contributed by atoms with E-state index in [-0.39, 0.29) is 24.4 Å². The number of anilines is 2. The van der Waals surface area contributed by atoms with Crippen LogP contribution < -0.4 is 4.90 Å². The number of hydrogen-bond acceptors (Lipinski definition) is 9. The molecule has 12 heteroatoms. The molecule has 0 bridgehead atoms. The number of imidazole rings is 1. The van der Waals surface area contributed by atoms with Crippen LogP contribution in [0.3, 0.4) is 0 Å². The molecule has 0 N–H and O–H groups in total. The van der Waals surface area contributed by atoms with E-state index in [1.807, 2.05) is 53.7 Å². The average molecular weight is 602 g/mol. The van der Waals surface area contributed by atoms with Crippen LogP contribution in [-0.4, -0.2) is 50.7 Å². The quantitative estimate of drug-likeness (QED) is 0.203. The predicted molar refractivity (Wildman–Crippen MR) is 161 cm³/mol. The second kappa shape index (κ2) is 11.9. The number of nitriles is 1. The summed E-state index contributed by atoms with van der Waals surface area (Å²) in [6.07, 6.45) is 2.00. The highest BCUT2D eigenvalue weighted by atomic mass is 32.1. The van der Waals surface area contributed by atoms with Crippen molar-refractivity contribution in [3.63, 3.8) is 0 Å². The van der Waals surface area contributed by atoms with E-state index in [9.17, 15) is 14.4 Å². The molecule has 214 valence electrons. The van der Waals surface area contributed by atoms with Gasteiger partial charge in [0.25, 0.3) is 0 Å². The zero-order chi connectivity index (χ0) is 29.2. The van der Waals surface area contributed by atoms with E-state index in [4.69, 9.17) is 19.8 Å². The molecule has 1 aliphatic rings. The second-order valence-electron chi connectivity index (χ2n) is 10.0. The number of benzene rings is 2. The monoisotopic (exact) mass is 601 g/mol. The van der Waals surface area contributed by atoms with Crippen LogP contribution in [0.2, 0.25) is 0 Å². The number of carbonyl (C=O) groups excluding carboxylic acids is 1. The molecule has 1 fully saturated rings. The van der Waals surface area contributed by atoms with Crippen molar-refractivity contribution in [3.8, 4) is 17.3 Å². The number of nitrogens with zero attached hydrogens (tertiary/aromatic N) is 7. The summed E-state index contributed by atoms with van der Waals surface area (Å²) in [4.78, 5) is 27.2. The molecule has 9 nitrogen and oxygen atoms in total. The molecule has 4 heterocycles. The number of aromatic nitrogens is 4. The molecule has 0 aliphatic carbocycles. The van der Waals surface area contributed by atoms with Crippen LogP contribution in [0.5, 0.6) is 0 Å². The van der Waals surface area contributed by atoms with E-state index < -0.39 is 0 Å². The Balaban J connectivity index is 1.19. The van der Waals surface area contributed by atoms with Gasteiger partial charge in [-0.1, -0.05) is 59.9 Å². The molecule has 3 aromatic heterocycles. The Bertz CT molecular complexity index is 1750. The van der Waals surface area contributed by atoms with Gasteiger partial charge in [0.2, 0.25) is 4.96 Å². The summed E-state index contributed by atoms with van der Waals surface area (Å²) in [6, 6.07) is 17.9. The summed E-state index contributed by atoms with van der Waals surface area (Å²) in [7, 11) is 1.90. The lowest BCUT2D eigenvalue weighted by Crippen LogP contribution is -2.38. The molecule has 5 aromatic rings. The minimum atomic E-state index is -0.341. The van der Waals surface area contributed by atoms with Crippen molar-refractivity contribution in [2.45, 2.75) is 38.7 Å². The Hall–Kier alpha value is -4.34. The van der Waals surface area contributed by atoms with Crippen LogP contribution in [0.1, 0.15) is 46.8 Å². The molecule has 42 heavy (non-hydrogen) atoms. The lowest BCUT2D eigenvalue weighted by Gasteiger charge is -2.30. The van der Waals surface area contributed by atoms with Gasteiger partial charge in [-0.3, -0.25) is 0 Å². The van der Waals surface area contributed by atoms with Gasteiger partial charge in [-0.2, -0.15) is 14.9 Å². The normalized spacial score (nSPS) is 13.8. The van der Waals surface area contributed by atoms with Crippen LogP contribution in [-0.2, 0) is 17.8 Å². The minimum absolute atomic E-state index is 0.216. The van der Waals surface area contributed by atoms with Crippen molar-refractivity contribution in [3.05, 3.63) is 81.6 Å². The fraction of sp³-hybridized carbons (Fsp3) is 0.300. The van der Waals surface area contributed by atoms with Crippen LogP contribution >= 0.6 is 22.7 Å². The summed E-state index contributed by atoms with van der Waals surface area (Å²) in [6.45, 7) is 3.52. The molecule has 2 aromatic carbocycles. The number of ether oxygens (including phenoxy) is 1. The van der Waals surface area contributed by atoms with Crippen molar-refractivity contribution in [2.75, 3.05) is 25.0 Å². The van der Waals surface area contributed by atoms with E-state index in [2.05, 4.69) is 6.07 Å². The largest absolute Gasteiger partial charge is 0.445 e. The molecule has 1 aliphatic heterocycles. The molecular formula is C30H28FN7O2S2. The molecule has 1 saturated heterocycles. The Morgan fingerprint density at radius 3 is 2.55 bits per heavy atom. The first kappa shape index (κ1) is 27.8. The van der Waals surface area contributed by atoms with Gasteiger partial charge in [0, 0.05) is 31.6 Å². The highest BCUT2D eigenvalue weighted by Crippen LogP contribution is 2.39. The Morgan fingerprint density at radius 2 is 1.86 bits per heavy atom. The molecule has 1 amide bonds. The first-order chi connectivity index (χ1) is 20.4. The van der Waals surface area contributed by atoms with Crippen LogP contribution in [0.4, 0.5) is 20.1 Å².